The molecule has 0 spiro atoms. The molecule has 2 aromatic carbocycles. The van der Waals surface area contributed by atoms with Gasteiger partial charge in [-0.2, -0.15) is 0 Å². The van der Waals surface area contributed by atoms with Gasteiger partial charge in [-0.15, -0.1) is 0 Å². The summed E-state index contributed by atoms with van der Waals surface area (Å²) >= 11 is 0.683. The normalized spacial score (nSPS) is 30.4. The maximum atomic E-state index is 16.4. The summed E-state index contributed by atoms with van der Waals surface area (Å²) in [5.74, 6) is -0.388. The van der Waals surface area contributed by atoms with E-state index >= 15 is 4.39 Å². The molecule has 61 heavy (non-hydrogen) atoms. The summed E-state index contributed by atoms with van der Waals surface area (Å²) < 4.78 is 92.7. The summed E-state index contributed by atoms with van der Waals surface area (Å²) in [4.78, 5) is 65.1. The molecule has 22 nitrogen and oxygen atoms in total. The summed E-state index contributed by atoms with van der Waals surface area (Å²) in [6.07, 6.45) is -9.47. The topological polar surface area (TPSA) is 309 Å². The van der Waals surface area contributed by atoms with Crippen molar-refractivity contribution in [1.29, 1.82) is 0 Å². The number of aromatic nitrogens is 6. The van der Waals surface area contributed by atoms with Gasteiger partial charge in [-0.05, 0) is 48.1 Å². The number of nitrogens with two attached hydrogens (primary N) is 1. The molecule has 3 fully saturated rings. The number of fused-ring (bicyclic) bond motifs is 4. The van der Waals surface area contributed by atoms with Crippen molar-refractivity contribution in [3.8, 4) is 5.75 Å². The highest BCUT2D eigenvalue weighted by Crippen LogP contribution is 2.64. The zero-order valence-electron chi connectivity index (χ0n) is 32.4. The zero-order chi connectivity index (χ0) is 42.3. The number of esters is 1. The molecule has 3 saturated heterocycles. The van der Waals surface area contributed by atoms with Crippen LogP contribution in [-0.2, 0) is 47.2 Å². The van der Waals surface area contributed by atoms with E-state index < -0.39 is 94.2 Å². The van der Waals surface area contributed by atoms with Gasteiger partial charge in [0.25, 0.3) is 13.4 Å². The number of quaternary nitrogens is 1. The van der Waals surface area contributed by atoms with Crippen LogP contribution in [0.1, 0.15) is 33.9 Å². The second-order valence-corrected chi connectivity index (χ2v) is 19.1. The summed E-state index contributed by atoms with van der Waals surface area (Å²) in [5, 5.41) is 0. The maximum Gasteiger partial charge on any atom is 0.389 e. The van der Waals surface area contributed by atoms with Crippen molar-refractivity contribution in [3.05, 3.63) is 111 Å². The number of hydrogen-bond donors (Lipinski definition) is 3. The number of benzene rings is 2. The number of phosphoric ester groups is 1. The number of methoxy groups -OCH3 is 1. The largest absolute Gasteiger partial charge is 0.756 e. The van der Waals surface area contributed by atoms with E-state index in [0.29, 0.717) is 22.5 Å². The summed E-state index contributed by atoms with van der Waals surface area (Å²) in [6, 6.07) is 14.2. The lowest BCUT2D eigenvalue weighted by Gasteiger charge is -2.31. The number of carbonyl (C=O) groups excluding carboxylic acids is 1. The SMILES string of the molecule is CO[C@@H]1[C@@H]2OP(=O)(SCc3ccc(OC(=O)c4ccc(C)cc4)cc3)OC[C@H]3O[C@@H](n4cnc5c(N)ncnc54)[C@H](OP(=O)([O-])OC[C@H]2O[C@H]1n1ccc(=O)[nH]c1=O)[C@@H]3F.[NH4+]. The fourth-order valence-corrected chi connectivity index (χ4v) is 11.0. The van der Waals surface area contributed by atoms with Gasteiger partial charge < -0.3 is 44.8 Å². The lowest BCUT2D eigenvalue weighted by atomic mass is 10.1. The molecule has 0 radical (unpaired) electrons. The van der Waals surface area contributed by atoms with E-state index in [0.717, 1.165) is 28.7 Å². The highest BCUT2D eigenvalue weighted by atomic mass is 32.7. The van der Waals surface area contributed by atoms with E-state index in [-0.39, 0.29) is 34.6 Å². The van der Waals surface area contributed by atoms with E-state index in [1.807, 2.05) is 6.92 Å². The molecule has 3 aromatic heterocycles. The van der Waals surface area contributed by atoms with Gasteiger partial charge in [0.2, 0.25) is 0 Å². The third-order valence-corrected chi connectivity index (χ3v) is 14.3. The number of aromatic amines is 1. The first-order valence-electron chi connectivity index (χ1n) is 18.0. The minimum Gasteiger partial charge on any atom is -0.756 e. The number of H-pyrrole nitrogens is 1. The van der Waals surface area contributed by atoms with Gasteiger partial charge in [0.1, 0.15) is 48.1 Å². The van der Waals surface area contributed by atoms with Crippen LogP contribution in [-0.4, -0.2) is 92.1 Å². The van der Waals surface area contributed by atoms with Crippen molar-refractivity contribution >= 4 is 49.0 Å². The Bertz CT molecular complexity index is 2600. The Kier molecular flexibility index (Phi) is 13.1. The second kappa shape index (κ2) is 18.0. The van der Waals surface area contributed by atoms with E-state index in [1.54, 1.807) is 36.4 Å². The molecular weight excluding hydrogens is 869 g/mol. The molecule has 2 bridgehead atoms. The smallest absolute Gasteiger partial charge is 0.389 e. The van der Waals surface area contributed by atoms with Crippen molar-refractivity contribution in [2.45, 2.75) is 61.8 Å². The first kappa shape index (κ1) is 44.4. The van der Waals surface area contributed by atoms with Crippen LogP contribution in [0.4, 0.5) is 10.2 Å². The zero-order valence-corrected chi connectivity index (χ0v) is 35.0. The monoisotopic (exact) mass is 908 g/mol. The van der Waals surface area contributed by atoms with Crippen LogP contribution in [0.25, 0.3) is 11.2 Å². The molecule has 10 atom stereocenters. The average molecular weight is 909 g/mol. The van der Waals surface area contributed by atoms with E-state index in [1.165, 1.54) is 30.1 Å². The predicted molar refractivity (Wildman–Crippen MR) is 211 cm³/mol. The van der Waals surface area contributed by atoms with Gasteiger partial charge in [0.15, 0.2) is 30.1 Å². The number of rotatable bonds is 8. The molecule has 0 amide bonds. The molecule has 326 valence electrons. The number of carbonyl (C=O) groups is 1. The van der Waals surface area contributed by atoms with Crippen LogP contribution in [0.3, 0.4) is 0 Å². The van der Waals surface area contributed by atoms with Crippen molar-refractivity contribution in [2.24, 2.45) is 0 Å². The molecule has 6 heterocycles. The van der Waals surface area contributed by atoms with Crippen molar-refractivity contribution in [1.82, 2.24) is 35.2 Å². The lowest BCUT2D eigenvalue weighted by Crippen LogP contribution is -2.40. The van der Waals surface area contributed by atoms with Gasteiger partial charge in [0.05, 0.1) is 25.1 Å². The molecule has 3 aliphatic heterocycles. The Balaban J connectivity index is 0.00000561. The Labute approximate surface area is 348 Å². The fourth-order valence-electron chi connectivity index (χ4n) is 6.71. The van der Waals surface area contributed by atoms with Gasteiger partial charge in [0, 0.05) is 25.1 Å². The van der Waals surface area contributed by atoms with Crippen LogP contribution in [0.5, 0.6) is 5.75 Å². The molecular formula is C35H39FN8O14P2S. The van der Waals surface area contributed by atoms with E-state index in [4.69, 9.17) is 42.8 Å². The number of nitrogens with one attached hydrogen (secondary N) is 1. The molecule has 2 unspecified atom stereocenters. The molecule has 0 aliphatic carbocycles. The number of anilines is 1. The van der Waals surface area contributed by atoms with Crippen LogP contribution < -0.4 is 32.8 Å². The summed E-state index contributed by atoms with van der Waals surface area (Å²) in [6.45, 7) is -4.26. The number of imidazole rings is 1. The number of aryl methyl sites for hydroxylation is 1. The van der Waals surface area contributed by atoms with Crippen LogP contribution >= 0.6 is 26.0 Å². The quantitative estimate of drug-likeness (QED) is 0.114. The second-order valence-electron chi connectivity index (χ2n) is 13.7. The highest BCUT2D eigenvalue weighted by Gasteiger charge is 2.54. The van der Waals surface area contributed by atoms with Crippen LogP contribution in [0, 0.1) is 6.92 Å². The molecule has 26 heteroatoms. The summed E-state index contributed by atoms with van der Waals surface area (Å²) in [7, 11) is -4.21. The molecule has 5 aromatic rings. The first-order valence-corrected chi connectivity index (χ1v) is 22.6. The predicted octanol–water partition coefficient (Wildman–Crippen LogP) is 3.34. The van der Waals surface area contributed by atoms with E-state index in [9.17, 15) is 28.4 Å². The Morgan fingerprint density at radius 1 is 0.967 bits per heavy atom. The van der Waals surface area contributed by atoms with Gasteiger partial charge in [-0.3, -0.25) is 32.5 Å². The molecule has 8 rings (SSSR count). The van der Waals surface area contributed by atoms with Gasteiger partial charge in [-0.1, -0.05) is 29.8 Å². The number of nitrogen functional groups attached to an aromatic ring is 1. The number of ether oxygens (including phenoxy) is 4. The Hall–Kier alpha value is -4.68. The standard InChI is InChI=1S/C35H36FN7O14P2S.H3N/c1-18-3-7-20(8-4-18)34(45)53-21-9-5-19(6-10-21)15-60-59(49)52-13-22-25(36)28(32(54-22)43-17-40-26-30(37)38-16-39-31(26)43)56-58(47,48)51-14-23-27(57-59)29(50-2)33(55-23)42-12-11-24(44)41-35(42)46;/h3-12,16-17,22-23,25,27-29,32-33H,13-15H2,1-2H3,(H,47,48)(H2,37,38,39)(H,41,44,46);1H3/t22-,23-,25-,27-,28-,29-,32-,33-,59?;/m1./s1. The van der Waals surface area contributed by atoms with Crippen LogP contribution in [0.2, 0.25) is 0 Å². The number of alkyl halides is 1. The minimum absolute atomic E-state index is 0. The minimum atomic E-state index is -5.45. The highest BCUT2D eigenvalue weighted by molar-refractivity contribution is 8.54. The number of phosphoric acid groups is 1. The fraction of sp³-hybridized carbons (Fsp3) is 0.371. The third-order valence-electron chi connectivity index (χ3n) is 9.71. The lowest BCUT2D eigenvalue weighted by molar-refractivity contribution is -0.236. The Morgan fingerprint density at radius 2 is 1.69 bits per heavy atom. The van der Waals surface area contributed by atoms with Crippen molar-refractivity contribution in [3.63, 3.8) is 0 Å². The number of hydrogen-bond acceptors (Lipinski definition) is 19. The first-order chi connectivity index (χ1) is 28.7. The van der Waals surface area contributed by atoms with E-state index in [2.05, 4.69) is 19.9 Å². The molecule has 7 N–H and O–H groups in total. The molecule has 3 aliphatic rings. The third kappa shape index (κ3) is 9.40. The van der Waals surface area contributed by atoms with Crippen molar-refractivity contribution < 1.29 is 60.3 Å². The number of halogens is 1. The van der Waals surface area contributed by atoms with Gasteiger partial charge in [-0.25, -0.2) is 33.5 Å². The molecule has 0 saturated carbocycles. The Morgan fingerprint density at radius 3 is 2.41 bits per heavy atom. The summed E-state index contributed by atoms with van der Waals surface area (Å²) in [5.41, 5.74) is 6.40. The maximum absolute atomic E-state index is 16.4. The van der Waals surface area contributed by atoms with Crippen LogP contribution in [0.15, 0.2) is 83.0 Å². The average Bonchev–Trinajstić information content (AvgIpc) is 3.89. The van der Waals surface area contributed by atoms with Gasteiger partial charge >= 0.3 is 18.5 Å². The van der Waals surface area contributed by atoms with Crippen molar-refractivity contribution in [2.75, 3.05) is 26.1 Å². The number of nitrogens with zero attached hydrogens (tertiary/aromatic N) is 5.